The first kappa shape index (κ1) is 17.0. The fourth-order valence-corrected chi connectivity index (χ4v) is 3.39. The number of benzene rings is 3. The molecule has 4 nitrogen and oxygen atoms in total. The highest BCUT2D eigenvalue weighted by molar-refractivity contribution is 6.05. The van der Waals surface area contributed by atoms with Gasteiger partial charge in [-0.15, -0.1) is 0 Å². The Labute approximate surface area is 157 Å². The second-order valence-corrected chi connectivity index (χ2v) is 6.38. The molecule has 3 aromatic carbocycles. The van der Waals surface area contributed by atoms with Crippen LogP contribution in [0.4, 0.5) is 0 Å². The molecule has 0 aliphatic heterocycles. The van der Waals surface area contributed by atoms with Crippen LogP contribution in [0.25, 0.3) is 21.7 Å². The lowest BCUT2D eigenvalue weighted by Crippen LogP contribution is -2.38. The van der Waals surface area contributed by atoms with Gasteiger partial charge in [0.2, 0.25) is 17.8 Å². The highest BCUT2D eigenvalue weighted by atomic mass is 16.5. The second kappa shape index (κ2) is 7.08. The van der Waals surface area contributed by atoms with Gasteiger partial charge in [0, 0.05) is 23.8 Å². The summed E-state index contributed by atoms with van der Waals surface area (Å²) in [5, 5.41) is 3.50. The summed E-state index contributed by atoms with van der Waals surface area (Å²) < 4.78 is 12.5. The minimum Gasteiger partial charge on any atom is -0.497 e. The number of methoxy groups -OCH3 is 2. The summed E-state index contributed by atoms with van der Waals surface area (Å²) in [5.41, 5.74) is 1.59. The molecule has 134 valence electrons. The number of hydrogen-bond donors (Lipinski definition) is 0. The number of fused-ring (bicyclic) bond motifs is 3. The molecule has 0 saturated heterocycles. The van der Waals surface area contributed by atoms with Gasteiger partial charge in [-0.05, 0) is 35.0 Å². The third kappa shape index (κ3) is 3.22. The van der Waals surface area contributed by atoms with Crippen LogP contribution in [0, 0.1) is 0 Å². The molecule has 0 N–H and O–H groups in total. The van der Waals surface area contributed by atoms with Gasteiger partial charge in [-0.25, -0.2) is 0 Å². The molecule has 0 bridgehead atoms. The Morgan fingerprint density at radius 2 is 1.56 bits per heavy atom. The van der Waals surface area contributed by atoms with Crippen LogP contribution in [0.2, 0.25) is 0 Å². The fraction of sp³-hybridized carbons (Fsp3) is 0.130. The number of Topliss-reactive ketones (excluding diaryl/α,β-unsaturated/α-hetero) is 1. The Morgan fingerprint density at radius 3 is 2.30 bits per heavy atom. The molecule has 0 aliphatic rings. The highest BCUT2D eigenvalue weighted by Crippen LogP contribution is 2.24. The SMILES string of the molecule is COc1cc(OC)cc(C(=O)C[n+]2cccc3c4ccccc4ccc32)c1. The molecule has 0 amide bonds. The van der Waals surface area contributed by atoms with Crippen LogP contribution in [0.5, 0.6) is 11.5 Å². The van der Waals surface area contributed by atoms with Crippen molar-refractivity contribution in [3.8, 4) is 11.5 Å². The minimum absolute atomic E-state index is 0.00198. The molecule has 27 heavy (non-hydrogen) atoms. The van der Waals surface area contributed by atoms with Crippen molar-refractivity contribution in [3.63, 3.8) is 0 Å². The van der Waals surface area contributed by atoms with E-state index in [0.717, 1.165) is 10.9 Å². The van der Waals surface area contributed by atoms with E-state index in [1.54, 1.807) is 32.4 Å². The largest absolute Gasteiger partial charge is 0.497 e. The Kier molecular flexibility index (Phi) is 4.47. The molecule has 0 fully saturated rings. The first-order valence-electron chi connectivity index (χ1n) is 8.76. The van der Waals surface area contributed by atoms with Gasteiger partial charge in [0.15, 0.2) is 6.20 Å². The molecule has 4 rings (SSSR count). The molecule has 0 unspecified atom stereocenters. The molecule has 1 heterocycles. The molecule has 1 aromatic heterocycles. The van der Waals surface area contributed by atoms with Gasteiger partial charge >= 0.3 is 0 Å². The zero-order valence-corrected chi connectivity index (χ0v) is 15.3. The maximum atomic E-state index is 12.9. The number of nitrogens with zero attached hydrogens (tertiary/aromatic N) is 1. The minimum atomic E-state index is -0.00198. The first-order chi connectivity index (χ1) is 13.2. The molecule has 0 aliphatic carbocycles. The normalized spacial score (nSPS) is 10.9. The van der Waals surface area contributed by atoms with Crippen LogP contribution in [0.15, 0.2) is 72.9 Å². The van der Waals surface area contributed by atoms with Crippen LogP contribution in [-0.4, -0.2) is 20.0 Å². The van der Waals surface area contributed by atoms with Gasteiger partial charge in [-0.2, -0.15) is 4.57 Å². The molecular weight excluding hydrogens is 338 g/mol. The molecule has 4 heteroatoms. The van der Waals surface area contributed by atoms with Crippen molar-refractivity contribution in [2.75, 3.05) is 14.2 Å². The third-order valence-electron chi connectivity index (χ3n) is 4.77. The summed E-state index contributed by atoms with van der Waals surface area (Å²) in [6, 6.07) is 21.7. The number of hydrogen-bond acceptors (Lipinski definition) is 3. The van der Waals surface area contributed by atoms with Crippen LogP contribution < -0.4 is 14.0 Å². The third-order valence-corrected chi connectivity index (χ3v) is 4.77. The maximum Gasteiger partial charge on any atom is 0.227 e. The predicted octanol–water partition coefficient (Wildman–Crippen LogP) is 4.18. The number of carbonyl (C=O) groups is 1. The van der Waals surface area contributed by atoms with E-state index in [0.29, 0.717) is 17.1 Å². The zero-order chi connectivity index (χ0) is 18.8. The van der Waals surface area contributed by atoms with Gasteiger partial charge in [-0.1, -0.05) is 24.3 Å². The van der Waals surface area contributed by atoms with Crippen LogP contribution >= 0.6 is 0 Å². The molecular formula is C23H20NO3+. The molecule has 0 saturated carbocycles. The lowest BCUT2D eigenvalue weighted by Gasteiger charge is -2.08. The summed E-state index contributed by atoms with van der Waals surface area (Å²) in [5.74, 6) is 1.20. The Hall–Kier alpha value is -3.40. The van der Waals surface area contributed by atoms with E-state index in [4.69, 9.17) is 9.47 Å². The van der Waals surface area contributed by atoms with Crippen LogP contribution in [0.1, 0.15) is 10.4 Å². The number of pyridine rings is 1. The lowest BCUT2D eigenvalue weighted by atomic mass is 10.0. The van der Waals surface area contributed by atoms with Crippen molar-refractivity contribution < 1.29 is 18.8 Å². The van der Waals surface area contributed by atoms with Crippen molar-refractivity contribution >= 4 is 27.5 Å². The van der Waals surface area contributed by atoms with Crippen LogP contribution in [0.3, 0.4) is 0 Å². The highest BCUT2D eigenvalue weighted by Gasteiger charge is 2.18. The summed E-state index contributed by atoms with van der Waals surface area (Å²) >= 11 is 0. The topological polar surface area (TPSA) is 39.4 Å². The number of aromatic nitrogens is 1. The zero-order valence-electron chi connectivity index (χ0n) is 15.3. The second-order valence-electron chi connectivity index (χ2n) is 6.38. The quantitative estimate of drug-likeness (QED) is 0.305. The van der Waals surface area contributed by atoms with Gasteiger partial charge in [0.05, 0.1) is 19.6 Å². The number of carbonyl (C=O) groups excluding carboxylic acids is 1. The first-order valence-corrected chi connectivity index (χ1v) is 8.76. The van der Waals surface area contributed by atoms with E-state index < -0.39 is 0 Å². The summed E-state index contributed by atoms with van der Waals surface area (Å²) in [7, 11) is 3.15. The summed E-state index contributed by atoms with van der Waals surface area (Å²) in [6.07, 6.45) is 1.94. The summed E-state index contributed by atoms with van der Waals surface area (Å²) in [4.78, 5) is 12.9. The number of ketones is 1. The monoisotopic (exact) mass is 358 g/mol. The van der Waals surface area contributed by atoms with Crippen molar-refractivity contribution in [2.24, 2.45) is 0 Å². The molecule has 0 spiro atoms. The van der Waals surface area contributed by atoms with E-state index >= 15 is 0 Å². The Bertz CT molecular complexity index is 1130. The molecule has 0 radical (unpaired) electrons. The van der Waals surface area contributed by atoms with E-state index in [1.165, 1.54) is 10.8 Å². The maximum absolute atomic E-state index is 12.9. The van der Waals surface area contributed by atoms with E-state index in [9.17, 15) is 4.79 Å². The molecule has 4 aromatic rings. The van der Waals surface area contributed by atoms with Crippen molar-refractivity contribution in [2.45, 2.75) is 6.54 Å². The van der Waals surface area contributed by atoms with E-state index in [2.05, 4.69) is 30.3 Å². The fourth-order valence-electron chi connectivity index (χ4n) is 3.39. The number of ether oxygens (including phenoxy) is 2. The van der Waals surface area contributed by atoms with Crippen molar-refractivity contribution in [1.82, 2.24) is 0 Å². The smallest absolute Gasteiger partial charge is 0.227 e. The summed E-state index contributed by atoms with van der Waals surface area (Å²) in [6.45, 7) is 0.242. The Balaban J connectivity index is 1.75. The lowest BCUT2D eigenvalue weighted by molar-refractivity contribution is -0.657. The van der Waals surface area contributed by atoms with Gasteiger partial charge in [-0.3, -0.25) is 4.79 Å². The predicted molar refractivity (Wildman–Crippen MR) is 106 cm³/mol. The van der Waals surface area contributed by atoms with Crippen molar-refractivity contribution in [3.05, 3.63) is 78.5 Å². The number of rotatable bonds is 5. The standard InChI is InChI=1S/C23H20NO3/c1-26-18-12-17(13-19(14-18)27-2)23(25)15-24-11-5-8-21-20-7-4-3-6-16(20)9-10-22(21)24/h3-14H,15H2,1-2H3/q+1. The van der Waals surface area contributed by atoms with Gasteiger partial charge in [0.1, 0.15) is 11.5 Å². The van der Waals surface area contributed by atoms with Gasteiger partial charge < -0.3 is 9.47 Å². The van der Waals surface area contributed by atoms with E-state index in [1.807, 2.05) is 29.0 Å². The molecule has 0 atom stereocenters. The Morgan fingerprint density at radius 1 is 0.852 bits per heavy atom. The average Bonchev–Trinajstić information content (AvgIpc) is 2.73. The van der Waals surface area contributed by atoms with E-state index in [-0.39, 0.29) is 12.3 Å². The van der Waals surface area contributed by atoms with Crippen molar-refractivity contribution in [1.29, 1.82) is 0 Å². The average molecular weight is 358 g/mol. The van der Waals surface area contributed by atoms with Gasteiger partial charge in [0.25, 0.3) is 0 Å². The van der Waals surface area contributed by atoms with Crippen LogP contribution in [-0.2, 0) is 6.54 Å².